The average molecular weight is 449 g/mol. The number of ether oxygens (including phenoxy) is 2. The lowest BCUT2D eigenvalue weighted by Gasteiger charge is -2.25. The van der Waals surface area contributed by atoms with E-state index >= 15 is 0 Å². The number of hydrogen-bond donors (Lipinski definition) is 1. The van der Waals surface area contributed by atoms with Gasteiger partial charge in [-0.15, -0.1) is 0 Å². The van der Waals surface area contributed by atoms with Gasteiger partial charge in [-0.3, -0.25) is 4.72 Å². The summed E-state index contributed by atoms with van der Waals surface area (Å²) in [6.45, 7) is 8.30. The van der Waals surface area contributed by atoms with Crippen LogP contribution < -0.4 is 9.62 Å². The summed E-state index contributed by atoms with van der Waals surface area (Å²) < 4.78 is 39.8. The summed E-state index contributed by atoms with van der Waals surface area (Å²) >= 11 is 0. The van der Waals surface area contributed by atoms with Crippen LogP contribution in [0.1, 0.15) is 39.5 Å². The number of unbranched alkanes of at least 4 members (excludes halogenated alkanes) is 2. The Morgan fingerprint density at radius 1 is 0.806 bits per heavy atom. The van der Waals surface area contributed by atoms with Gasteiger partial charge in [0.2, 0.25) is 0 Å². The van der Waals surface area contributed by atoms with E-state index in [1.807, 2.05) is 12.1 Å². The topological polar surface area (TPSA) is 67.9 Å². The fourth-order valence-corrected chi connectivity index (χ4v) is 4.08. The highest BCUT2D eigenvalue weighted by Gasteiger charge is 2.16. The molecule has 0 amide bonds. The molecule has 7 heteroatoms. The van der Waals surface area contributed by atoms with Gasteiger partial charge < -0.3 is 14.4 Å². The number of benzene rings is 2. The molecule has 31 heavy (non-hydrogen) atoms. The van der Waals surface area contributed by atoms with Gasteiger partial charge in [0.1, 0.15) is 0 Å². The molecule has 0 fully saturated rings. The summed E-state index contributed by atoms with van der Waals surface area (Å²) in [6, 6.07) is 15.9. The predicted octanol–water partition coefficient (Wildman–Crippen LogP) is 4.93. The van der Waals surface area contributed by atoms with Crippen LogP contribution in [0.2, 0.25) is 0 Å². The fourth-order valence-electron chi connectivity index (χ4n) is 2.98. The summed E-state index contributed by atoms with van der Waals surface area (Å²) in [4.78, 5) is 2.36. The third-order valence-corrected chi connectivity index (χ3v) is 6.19. The van der Waals surface area contributed by atoms with Crippen LogP contribution in [0.5, 0.6) is 0 Å². The molecule has 0 aromatic heterocycles. The Balaban J connectivity index is 2.08. The zero-order chi connectivity index (χ0) is 22.4. The SMILES string of the molecule is CCCCOCCN(CCOCCCC)c1cccc(S(=O)(=O)Nc2ccccc2)c1. The predicted molar refractivity (Wildman–Crippen MR) is 127 cm³/mol. The van der Waals surface area contributed by atoms with Crippen molar-refractivity contribution in [2.45, 2.75) is 44.4 Å². The third kappa shape index (κ3) is 9.29. The Morgan fingerprint density at radius 3 is 2.00 bits per heavy atom. The molecule has 0 aliphatic rings. The Kier molecular flexibility index (Phi) is 11.4. The van der Waals surface area contributed by atoms with E-state index < -0.39 is 10.0 Å². The smallest absolute Gasteiger partial charge is 0.261 e. The minimum absolute atomic E-state index is 0.234. The van der Waals surface area contributed by atoms with Crippen molar-refractivity contribution in [3.8, 4) is 0 Å². The van der Waals surface area contributed by atoms with E-state index in [1.165, 1.54) is 0 Å². The molecule has 2 aromatic rings. The van der Waals surface area contributed by atoms with Crippen LogP contribution in [-0.4, -0.2) is 47.9 Å². The van der Waals surface area contributed by atoms with E-state index in [0.29, 0.717) is 32.0 Å². The van der Waals surface area contributed by atoms with E-state index in [2.05, 4.69) is 23.5 Å². The Morgan fingerprint density at radius 2 is 1.42 bits per heavy atom. The van der Waals surface area contributed by atoms with Gasteiger partial charge >= 0.3 is 0 Å². The van der Waals surface area contributed by atoms with Gasteiger partial charge in [-0.1, -0.05) is 51.0 Å². The van der Waals surface area contributed by atoms with Crippen molar-refractivity contribution in [1.29, 1.82) is 0 Å². The van der Waals surface area contributed by atoms with Gasteiger partial charge in [-0.05, 0) is 43.2 Å². The first kappa shape index (κ1) is 25.2. The van der Waals surface area contributed by atoms with E-state index in [0.717, 1.165) is 44.6 Å². The molecule has 0 radical (unpaired) electrons. The van der Waals surface area contributed by atoms with Crippen molar-refractivity contribution in [2.75, 3.05) is 49.1 Å². The number of nitrogens with zero attached hydrogens (tertiary/aromatic N) is 1. The summed E-state index contributed by atoms with van der Waals surface area (Å²) in [5.74, 6) is 0. The normalized spacial score (nSPS) is 11.4. The molecule has 0 heterocycles. The zero-order valence-corrected chi connectivity index (χ0v) is 19.6. The Bertz CT molecular complexity index is 830. The highest BCUT2D eigenvalue weighted by molar-refractivity contribution is 7.92. The summed E-state index contributed by atoms with van der Waals surface area (Å²) in [5.41, 5.74) is 1.38. The van der Waals surface area contributed by atoms with Gasteiger partial charge in [0, 0.05) is 37.7 Å². The molecule has 0 atom stereocenters. The van der Waals surface area contributed by atoms with Gasteiger partial charge in [0.15, 0.2) is 0 Å². The standard InChI is InChI=1S/C24H36N2O4S/c1-3-5-17-29-19-15-26(16-20-30-18-6-4-2)23-13-10-14-24(21-23)31(27,28)25-22-11-8-7-9-12-22/h7-14,21,25H,3-6,15-20H2,1-2H3. The maximum atomic E-state index is 12.9. The second-order valence-electron chi connectivity index (χ2n) is 7.39. The number of hydrogen-bond acceptors (Lipinski definition) is 5. The van der Waals surface area contributed by atoms with Crippen molar-refractivity contribution in [3.05, 3.63) is 54.6 Å². The molecule has 6 nitrogen and oxygen atoms in total. The lowest BCUT2D eigenvalue weighted by atomic mass is 10.3. The first-order valence-electron chi connectivity index (χ1n) is 11.1. The van der Waals surface area contributed by atoms with E-state index in [9.17, 15) is 8.42 Å². The molecule has 172 valence electrons. The van der Waals surface area contributed by atoms with Crippen LogP contribution in [0.25, 0.3) is 0 Å². The van der Waals surface area contributed by atoms with Gasteiger partial charge in [0.25, 0.3) is 10.0 Å². The molecule has 0 aliphatic heterocycles. The van der Waals surface area contributed by atoms with Crippen LogP contribution in [0, 0.1) is 0 Å². The van der Waals surface area contributed by atoms with Crippen LogP contribution in [0.3, 0.4) is 0 Å². The molecule has 0 aliphatic carbocycles. The Labute approximate surface area is 187 Å². The maximum absolute atomic E-state index is 12.9. The molecular formula is C24H36N2O4S. The minimum Gasteiger partial charge on any atom is -0.380 e. The van der Waals surface area contributed by atoms with Crippen molar-refractivity contribution in [2.24, 2.45) is 0 Å². The van der Waals surface area contributed by atoms with Gasteiger partial charge in [-0.2, -0.15) is 0 Å². The average Bonchev–Trinajstić information content (AvgIpc) is 2.78. The van der Waals surface area contributed by atoms with E-state index in [4.69, 9.17) is 9.47 Å². The number of nitrogens with one attached hydrogen (secondary N) is 1. The molecule has 0 bridgehead atoms. The largest absolute Gasteiger partial charge is 0.380 e. The van der Waals surface area contributed by atoms with Crippen LogP contribution in [-0.2, 0) is 19.5 Å². The quantitative estimate of drug-likeness (QED) is 0.369. The van der Waals surface area contributed by atoms with Crippen LogP contribution in [0.15, 0.2) is 59.5 Å². The highest BCUT2D eigenvalue weighted by Crippen LogP contribution is 2.22. The van der Waals surface area contributed by atoms with Crippen molar-refractivity contribution >= 4 is 21.4 Å². The molecule has 1 N–H and O–H groups in total. The van der Waals surface area contributed by atoms with Crippen molar-refractivity contribution in [3.63, 3.8) is 0 Å². The number of para-hydroxylation sites is 1. The molecule has 0 spiro atoms. The maximum Gasteiger partial charge on any atom is 0.261 e. The molecule has 0 unspecified atom stereocenters. The minimum atomic E-state index is -3.67. The summed E-state index contributed by atoms with van der Waals surface area (Å²) in [6.07, 6.45) is 4.28. The summed E-state index contributed by atoms with van der Waals surface area (Å²) in [7, 11) is -3.67. The molecule has 0 saturated carbocycles. The fraction of sp³-hybridized carbons (Fsp3) is 0.500. The number of anilines is 2. The molecule has 2 aromatic carbocycles. The lowest BCUT2D eigenvalue weighted by molar-refractivity contribution is 0.125. The van der Waals surface area contributed by atoms with Crippen molar-refractivity contribution in [1.82, 2.24) is 0 Å². The molecule has 2 rings (SSSR count). The highest BCUT2D eigenvalue weighted by atomic mass is 32.2. The number of sulfonamides is 1. The van der Waals surface area contributed by atoms with Gasteiger partial charge in [-0.25, -0.2) is 8.42 Å². The van der Waals surface area contributed by atoms with Crippen LogP contribution >= 0.6 is 0 Å². The molecule has 0 saturated heterocycles. The molecular weight excluding hydrogens is 412 g/mol. The van der Waals surface area contributed by atoms with Crippen molar-refractivity contribution < 1.29 is 17.9 Å². The van der Waals surface area contributed by atoms with Gasteiger partial charge in [0.05, 0.1) is 18.1 Å². The second kappa shape index (κ2) is 14.1. The lowest BCUT2D eigenvalue weighted by Crippen LogP contribution is -2.31. The summed E-state index contributed by atoms with van der Waals surface area (Å²) in [5, 5.41) is 0. The zero-order valence-electron chi connectivity index (χ0n) is 18.8. The van der Waals surface area contributed by atoms with E-state index in [1.54, 1.807) is 42.5 Å². The first-order chi connectivity index (χ1) is 15.1. The first-order valence-corrected chi connectivity index (χ1v) is 12.6. The Hall–Kier alpha value is -2.09. The monoisotopic (exact) mass is 448 g/mol. The second-order valence-corrected chi connectivity index (χ2v) is 9.07. The van der Waals surface area contributed by atoms with E-state index in [-0.39, 0.29) is 4.90 Å². The van der Waals surface area contributed by atoms with Crippen LogP contribution in [0.4, 0.5) is 11.4 Å². The third-order valence-electron chi connectivity index (χ3n) is 4.81. The number of rotatable bonds is 16.